The fourth-order valence-corrected chi connectivity index (χ4v) is 2.85. The summed E-state index contributed by atoms with van der Waals surface area (Å²) in [6, 6.07) is 9.93. The van der Waals surface area contributed by atoms with E-state index in [1.165, 1.54) is 0 Å². The second-order valence-corrected chi connectivity index (χ2v) is 5.53. The molecule has 0 aromatic heterocycles. The van der Waals surface area contributed by atoms with Gasteiger partial charge in [0, 0.05) is 6.54 Å². The molecule has 1 aromatic rings. The van der Waals surface area contributed by atoms with Crippen LogP contribution in [0.1, 0.15) is 25.3 Å². The van der Waals surface area contributed by atoms with Crippen molar-refractivity contribution in [3.63, 3.8) is 0 Å². The monoisotopic (exact) mass is 272 g/mol. The number of ether oxygens (including phenoxy) is 1. The third kappa shape index (κ3) is 2.77. The lowest BCUT2D eigenvalue weighted by molar-refractivity contribution is -0.133. The van der Waals surface area contributed by atoms with Crippen LogP contribution in [0.25, 0.3) is 0 Å². The summed E-state index contributed by atoms with van der Waals surface area (Å²) in [6.07, 6.45) is 2.04. The number of carbonyl (C=O) groups excluding carboxylic acids is 1. The van der Waals surface area contributed by atoms with Crippen molar-refractivity contribution in [3.8, 4) is 11.8 Å². The summed E-state index contributed by atoms with van der Waals surface area (Å²) in [6.45, 7) is 2.59. The lowest BCUT2D eigenvalue weighted by atomic mass is 9.63. The first-order valence-electron chi connectivity index (χ1n) is 6.93. The van der Waals surface area contributed by atoms with E-state index in [2.05, 4.69) is 18.3 Å². The molecule has 4 heteroatoms. The predicted octanol–water partition coefficient (Wildman–Crippen LogP) is 2.29. The van der Waals surface area contributed by atoms with E-state index in [0.717, 1.165) is 11.3 Å². The van der Waals surface area contributed by atoms with Crippen LogP contribution in [-0.4, -0.2) is 19.6 Å². The van der Waals surface area contributed by atoms with E-state index in [1.54, 1.807) is 7.11 Å². The van der Waals surface area contributed by atoms with Gasteiger partial charge in [0.2, 0.25) is 5.91 Å². The van der Waals surface area contributed by atoms with Crippen LogP contribution in [0.15, 0.2) is 24.3 Å². The molecule has 0 bridgehead atoms. The van der Waals surface area contributed by atoms with Gasteiger partial charge in [0.25, 0.3) is 0 Å². The number of nitriles is 1. The van der Waals surface area contributed by atoms with Crippen LogP contribution in [0.2, 0.25) is 0 Å². The number of nitrogens with zero attached hydrogens (tertiary/aromatic N) is 1. The summed E-state index contributed by atoms with van der Waals surface area (Å²) in [7, 11) is 1.64. The molecule has 0 saturated heterocycles. The van der Waals surface area contributed by atoms with Crippen molar-refractivity contribution >= 4 is 5.91 Å². The minimum Gasteiger partial charge on any atom is -0.496 e. The summed E-state index contributed by atoms with van der Waals surface area (Å²) >= 11 is 0. The summed E-state index contributed by atoms with van der Waals surface area (Å²) in [5, 5.41) is 12.1. The molecular formula is C16H20N2O2. The van der Waals surface area contributed by atoms with Crippen LogP contribution >= 0.6 is 0 Å². The molecule has 0 aliphatic heterocycles. The Morgan fingerprint density at radius 2 is 2.20 bits per heavy atom. The topological polar surface area (TPSA) is 62.1 Å². The summed E-state index contributed by atoms with van der Waals surface area (Å²) < 4.78 is 5.27. The molecule has 4 nitrogen and oxygen atoms in total. The van der Waals surface area contributed by atoms with E-state index < -0.39 is 5.41 Å². The van der Waals surface area contributed by atoms with E-state index in [0.29, 0.717) is 31.7 Å². The number of para-hydroxylation sites is 1. The molecule has 20 heavy (non-hydrogen) atoms. The van der Waals surface area contributed by atoms with Crippen molar-refractivity contribution in [2.75, 3.05) is 13.7 Å². The third-order valence-corrected chi connectivity index (χ3v) is 3.91. The number of hydrogen-bond donors (Lipinski definition) is 1. The Morgan fingerprint density at radius 3 is 2.80 bits per heavy atom. The number of hydrogen-bond acceptors (Lipinski definition) is 3. The van der Waals surface area contributed by atoms with Crippen LogP contribution < -0.4 is 10.1 Å². The third-order valence-electron chi connectivity index (χ3n) is 3.91. The lowest BCUT2D eigenvalue weighted by Gasteiger charge is -2.39. The van der Waals surface area contributed by atoms with E-state index in [1.807, 2.05) is 24.3 Å². The van der Waals surface area contributed by atoms with E-state index in [9.17, 15) is 10.1 Å². The molecule has 0 spiro atoms. The smallest absolute Gasteiger partial charge is 0.240 e. The molecule has 2 rings (SSSR count). The Morgan fingerprint density at radius 1 is 1.50 bits per heavy atom. The first kappa shape index (κ1) is 14.4. The van der Waals surface area contributed by atoms with E-state index in [4.69, 9.17) is 4.74 Å². The fourth-order valence-electron chi connectivity index (χ4n) is 2.85. The van der Waals surface area contributed by atoms with Crippen LogP contribution in [-0.2, 0) is 11.2 Å². The molecule has 106 valence electrons. The maximum Gasteiger partial charge on any atom is 0.240 e. The fraction of sp³-hybridized carbons (Fsp3) is 0.500. The molecule has 1 amide bonds. The minimum absolute atomic E-state index is 0.131. The highest BCUT2D eigenvalue weighted by molar-refractivity contribution is 5.86. The van der Waals surface area contributed by atoms with Gasteiger partial charge in [0.1, 0.15) is 11.2 Å². The number of carbonyl (C=O) groups is 1. The molecular weight excluding hydrogens is 252 g/mol. The zero-order chi connectivity index (χ0) is 14.6. The molecule has 1 N–H and O–H groups in total. The highest BCUT2D eigenvalue weighted by atomic mass is 16.5. The van der Waals surface area contributed by atoms with E-state index >= 15 is 0 Å². The average Bonchev–Trinajstić information content (AvgIpc) is 2.44. The Bertz CT molecular complexity index is 528. The van der Waals surface area contributed by atoms with Gasteiger partial charge < -0.3 is 10.1 Å². The minimum atomic E-state index is -0.791. The van der Waals surface area contributed by atoms with Gasteiger partial charge in [-0.1, -0.05) is 25.1 Å². The second-order valence-electron chi connectivity index (χ2n) is 5.53. The molecule has 0 atom stereocenters. The summed E-state index contributed by atoms with van der Waals surface area (Å²) in [4.78, 5) is 12.1. The first-order chi connectivity index (χ1) is 9.61. The standard InChI is InChI=1S/C16H20N2O2/c1-12-9-16(10-12,11-17)15(19)18-8-7-13-5-3-4-6-14(13)20-2/h3-6,12H,7-10H2,1-2H3,(H,18,19). The molecule has 1 saturated carbocycles. The maximum absolute atomic E-state index is 12.1. The average molecular weight is 272 g/mol. The quantitative estimate of drug-likeness (QED) is 0.894. The van der Waals surface area contributed by atoms with Gasteiger partial charge in [-0.3, -0.25) is 4.79 Å². The number of methoxy groups -OCH3 is 1. The highest BCUT2D eigenvalue weighted by Crippen LogP contribution is 2.44. The van der Waals surface area contributed by atoms with Gasteiger partial charge in [-0.25, -0.2) is 0 Å². The number of benzene rings is 1. The Kier molecular flexibility index (Phi) is 4.29. The molecule has 1 fully saturated rings. The Balaban J connectivity index is 1.87. The molecule has 1 aliphatic carbocycles. The van der Waals surface area contributed by atoms with Crippen molar-refractivity contribution in [1.82, 2.24) is 5.32 Å². The summed E-state index contributed by atoms with van der Waals surface area (Å²) in [5.74, 6) is 1.16. The van der Waals surface area contributed by atoms with Crippen LogP contribution in [0.5, 0.6) is 5.75 Å². The van der Waals surface area contributed by atoms with Crippen molar-refractivity contribution in [2.24, 2.45) is 11.3 Å². The lowest BCUT2D eigenvalue weighted by Crippen LogP contribution is -2.48. The molecule has 1 aromatic carbocycles. The number of amides is 1. The first-order valence-corrected chi connectivity index (χ1v) is 6.93. The van der Waals surface area contributed by atoms with E-state index in [-0.39, 0.29) is 5.91 Å². The van der Waals surface area contributed by atoms with Gasteiger partial charge in [-0.15, -0.1) is 0 Å². The predicted molar refractivity (Wildman–Crippen MR) is 76.2 cm³/mol. The van der Waals surface area contributed by atoms with Gasteiger partial charge >= 0.3 is 0 Å². The maximum atomic E-state index is 12.1. The van der Waals surface area contributed by atoms with Crippen molar-refractivity contribution in [3.05, 3.63) is 29.8 Å². The number of nitrogens with one attached hydrogen (secondary N) is 1. The second kappa shape index (κ2) is 5.96. The number of rotatable bonds is 5. The summed E-state index contributed by atoms with van der Waals surface area (Å²) in [5.41, 5.74) is 0.267. The van der Waals surface area contributed by atoms with Crippen LogP contribution in [0.3, 0.4) is 0 Å². The zero-order valence-corrected chi connectivity index (χ0v) is 12.0. The van der Waals surface area contributed by atoms with Crippen molar-refractivity contribution in [1.29, 1.82) is 5.26 Å². The normalized spacial score (nSPS) is 24.4. The Hall–Kier alpha value is -2.02. The molecule has 0 radical (unpaired) electrons. The Labute approximate surface area is 119 Å². The van der Waals surface area contributed by atoms with Gasteiger partial charge in [-0.05, 0) is 36.8 Å². The molecule has 1 aliphatic rings. The molecule has 0 unspecified atom stereocenters. The van der Waals surface area contributed by atoms with Crippen molar-refractivity contribution in [2.45, 2.75) is 26.2 Å². The van der Waals surface area contributed by atoms with Crippen LogP contribution in [0.4, 0.5) is 0 Å². The highest BCUT2D eigenvalue weighted by Gasteiger charge is 2.48. The van der Waals surface area contributed by atoms with Gasteiger partial charge in [-0.2, -0.15) is 5.26 Å². The van der Waals surface area contributed by atoms with Gasteiger partial charge in [0.05, 0.1) is 13.2 Å². The SMILES string of the molecule is COc1ccccc1CCNC(=O)C1(C#N)CC(C)C1. The molecule has 0 heterocycles. The van der Waals surface area contributed by atoms with Gasteiger partial charge in [0.15, 0.2) is 0 Å². The zero-order valence-electron chi connectivity index (χ0n) is 12.0. The largest absolute Gasteiger partial charge is 0.496 e. The van der Waals surface area contributed by atoms with Crippen LogP contribution in [0, 0.1) is 22.7 Å². The van der Waals surface area contributed by atoms with Crippen molar-refractivity contribution < 1.29 is 9.53 Å².